The first-order valence-corrected chi connectivity index (χ1v) is 5.55. The van der Waals surface area contributed by atoms with Gasteiger partial charge in [0.15, 0.2) is 0 Å². The van der Waals surface area contributed by atoms with E-state index >= 15 is 0 Å². The first kappa shape index (κ1) is 15.7. The maximum atomic E-state index is 12.0. The average Bonchev–Trinajstić information content (AvgIpc) is 2.36. The molecule has 9 heteroatoms. The van der Waals surface area contributed by atoms with E-state index in [9.17, 15) is 28.1 Å². The minimum Gasteiger partial charge on any atom is -0.388 e. The molecule has 110 valence electrons. The highest BCUT2D eigenvalue weighted by molar-refractivity contribution is 5.99. The molecular formula is C11H12F3N3O3. The van der Waals surface area contributed by atoms with Crippen LogP contribution in [-0.2, 0) is 0 Å². The molecule has 0 aromatic heterocycles. The number of nitrogens with zero attached hydrogens (tertiary/aromatic N) is 1. The zero-order valence-electron chi connectivity index (χ0n) is 10.5. The number of amides is 1. The van der Waals surface area contributed by atoms with Crippen LogP contribution in [0.15, 0.2) is 18.2 Å². The highest BCUT2D eigenvalue weighted by atomic mass is 19.4. The number of hydrogen-bond donors (Lipinski definition) is 2. The lowest BCUT2D eigenvalue weighted by molar-refractivity contribution is -0.385. The van der Waals surface area contributed by atoms with Gasteiger partial charge in [-0.2, -0.15) is 13.2 Å². The quantitative estimate of drug-likeness (QED) is 0.644. The summed E-state index contributed by atoms with van der Waals surface area (Å²) in [6.45, 7) is -0.636. The number of benzene rings is 1. The molecule has 2 N–H and O–H groups in total. The Morgan fingerprint density at radius 1 is 1.40 bits per heavy atom. The van der Waals surface area contributed by atoms with Gasteiger partial charge < -0.3 is 10.6 Å². The van der Waals surface area contributed by atoms with Gasteiger partial charge in [-0.05, 0) is 12.1 Å². The Morgan fingerprint density at radius 3 is 2.55 bits per heavy atom. The summed E-state index contributed by atoms with van der Waals surface area (Å²) in [6.07, 6.45) is -5.59. The second kappa shape index (κ2) is 6.22. The zero-order chi connectivity index (χ0) is 15.3. The van der Waals surface area contributed by atoms with Crippen molar-refractivity contribution in [2.75, 3.05) is 18.9 Å². The van der Waals surface area contributed by atoms with Crippen molar-refractivity contribution in [3.8, 4) is 0 Å². The van der Waals surface area contributed by atoms with E-state index in [0.29, 0.717) is 5.69 Å². The summed E-state index contributed by atoms with van der Waals surface area (Å²) in [6, 6.07) is 3.72. The average molecular weight is 291 g/mol. The molecule has 0 saturated heterocycles. The van der Waals surface area contributed by atoms with Crippen LogP contribution < -0.4 is 10.6 Å². The third-order valence-corrected chi connectivity index (χ3v) is 2.42. The third-order valence-electron chi connectivity index (χ3n) is 2.42. The summed E-state index contributed by atoms with van der Waals surface area (Å²) in [5.74, 6) is -0.918. The molecule has 1 amide bonds. The number of carbonyl (C=O) groups is 1. The van der Waals surface area contributed by atoms with Gasteiger partial charge in [-0.15, -0.1) is 0 Å². The fourth-order valence-electron chi connectivity index (χ4n) is 1.45. The molecule has 1 aromatic carbocycles. The molecule has 0 saturated carbocycles. The molecule has 0 unspecified atom stereocenters. The lowest BCUT2D eigenvalue weighted by Crippen LogP contribution is -2.28. The molecule has 0 aliphatic carbocycles. The standard InChI is InChI=1S/C11H12F3N3O3/c1-15-7-2-3-9(17(19)20)8(6-7)10(18)16-5-4-11(12,13)14/h2-3,6,15H,4-5H2,1H3,(H,16,18). The number of anilines is 1. The molecule has 0 aliphatic heterocycles. The molecule has 0 spiro atoms. The molecular weight excluding hydrogens is 279 g/mol. The van der Waals surface area contributed by atoms with Crippen molar-refractivity contribution in [3.05, 3.63) is 33.9 Å². The number of nitro groups is 1. The van der Waals surface area contributed by atoms with Gasteiger partial charge in [0.25, 0.3) is 11.6 Å². The van der Waals surface area contributed by atoms with Crippen molar-refractivity contribution >= 4 is 17.3 Å². The van der Waals surface area contributed by atoms with E-state index in [1.54, 1.807) is 7.05 Å². The van der Waals surface area contributed by atoms with E-state index < -0.39 is 35.7 Å². The van der Waals surface area contributed by atoms with Crippen molar-refractivity contribution in [2.24, 2.45) is 0 Å². The van der Waals surface area contributed by atoms with Gasteiger partial charge in [-0.25, -0.2) is 0 Å². The second-order valence-corrected chi connectivity index (χ2v) is 3.86. The van der Waals surface area contributed by atoms with Crippen molar-refractivity contribution < 1.29 is 22.9 Å². The summed E-state index contributed by atoms with van der Waals surface area (Å²) < 4.78 is 35.9. The summed E-state index contributed by atoms with van der Waals surface area (Å²) in [4.78, 5) is 21.7. The highest BCUT2D eigenvalue weighted by Crippen LogP contribution is 2.23. The van der Waals surface area contributed by atoms with Crippen molar-refractivity contribution in [2.45, 2.75) is 12.6 Å². The van der Waals surface area contributed by atoms with E-state index in [4.69, 9.17) is 0 Å². The number of carbonyl (C=O) groups excluding carboxylic acids is 1. The smallest absolute Gasteiger partial charge is 0.388 e. The minimum atomic E-state index is -4.40. The Balaban J connectivity index is 2.87. The fraction of sp³-hybridized carbons (Fsp3) is 0.364. The summed E-state index contributed by atoms with van der Waals surface area (Å²) >= 11 is 0. The predicted molar refractivity (Wildman–Crippen MR) is 65.6 cm³/mol. The van der Waals surface area contributed by atoms with Crippen LogP contribution in [0.25, 0.3) is 0 Å². The Bertz CT molecular complexity index is 517. The van der Waals surface area contributed by atoms with Crippen LogP contribution in [-0.4, -0.2) is 30.6 Å². The van der Waals surface area contributed by atoms with Crippen LogP contribution in [0, 0.1) is 10.1 Å². The van der Waals surface area contributed by atoms with Crippen molar-refractivity contribution in [1.29, 1.82) is 0 Å². The molecule has 1 aromatic rings. The van der Waals surface area contributed by atoms with E-state index in [2.05, 4.69) is 5.32 Å². The molecule has 1 rings (SSSR count). The van der Waals surface area contributed by atoms with Crippen LogP contribution in [0.2, 0.25) is 0 Å². The molecule has 20 heavy (non-hydrogen) atoms. The molecule has 0 aliphatic rings. The zero-order valence-corrected chi connectivity index (χ0v) is 10.5. The SMILES string of the molecule is CNc1ccc([N+](=O)[O-])c(C(=O)NCCC(F)(F)F)c1. The molecule has 0 bridgehead atoms. The second-order valence-electron chi connectivity index (χ2n) is 3.86. The van der Waals surface area contributed by atoms with Crippen molar-refractivity contribution in [3.63, 3.8) is 0 Å². The van der Waals surface area contributed by atoms with Crippen LogP contribution in [0.5, 0.6) is 0 Å². The predicted octanol–water partition coefficient (Wildman–Crippen LogP) is 2.32. The van der Waals surface area contributed by atoms with Gasteiger partial charge in [0.2, 0.25) is 0 Å². The molecule has 0 atom stereocenters. The van der Waals surface area contributed by atoms with Crippen LogP contribution in [0.1, 0.15) is 16.8 Å². The Hall–Kier alpha value is -2.32. The third kappa shape index (κ3) is 4.41. The first-order valence-electron chi connectivity index (χ1n) is 5.55. The maximum Gasteiger partial charge on any atom is 0.390 e. The van der Waals surface area contributed by atoms with Gasteiger partial charge >= 0.3 is 6.18 Å². The summed E-state index contributed by atoms with van der Waals surface area (Å²) in [5.41, 5.74) is -0.311. The number of rotatable bonds is 5. The normalized spacial score (nSPS) is 11.0. The van der Waals surface area contributed by atoms with Gasteiger partial charge in [-0.3, -0.25) is 14.9 Å². The highest BCUT2D eigenvalue weighted by Gasteiger charge is 2.27. The summed E-state index contributed by atoms with van der Waals surface area (Å²) in [7, 11) is 1.55. The van der Waals surface area contributed by atoms with Crippen LogP contribution in [0.3, 0.4) is 0 Å². The monoisotopic (exact) mass is 291 g/mol. The van der Waals surface area contributed by atoms with Crippen LogP contribution in [0.4, 0.5) is 24.5 Å². The Labute approximate surface area is 112 Å². The number of nitrogens with one attached hydrogen (secondary N) is 2. The fourth-order valence-corrected chi connectivity index (χ4v) is 1.45. The van der Waals surface area contributed by atoms with Crippen molar-refractivity contribution in [1.82, 2.24) is 5.32 Å². The Kier molecular flexibility index (Phi) is 4.89. The molecule has 0 fully saturated rings. The van der Waals surface area contributed by atoms with Gasteiger partial charge in [0, 0.05) is 25.3 Å². The van der Waals surface area contributed by atoms with E-state index in [1.165, 1.54) is 12.1 Å². The molecule has 0 radical (unpaired) electrons. The van der Waals surface area contributed by atoms with Crippen LogP contribution >= 0.6 is 0 Å². The number of nitro benzene ring substituents is 1. The topological polar surface area (TPSA) is 84.3 Å². The van der Waals surface area contributed by atoms with E-state index in [-0.39, 0.29) is 5.56 Å². The van der Waals surface area contributed by atoms with Gasteiger partial charge in [0.05, 0.1) is 11.3 Å². The van der Waals surface area contributed by atoms with E-state index in [1.807, 2.05) is 5.32 Å². The lowest BCUT2D eigenvalue weighted by Gasteiger charge is -2.09. The number of hydrogen-bond acceptors (Lipinski definition) is 4. The molecule has 0 heterocycles. The maximum absolute atomic E-state index is 12.0. The number of halogens is 3. The minimum absolute atomic E-state index is 0.288. The van der Waals surface area contributed by atoms with Gasteiger partial charge in [0.1, 0.15) is 5.56 Å². The first-order chi connectivity index (χ1) is 9.24. The molecule has 6 nitrogen and oxygen atoms in total. The summed E-state index contributed by atoms with van der Waals surface area (Å²) in [5, 5.41) is 15.5. The Morgan fingerprint density at radius 2 is 2.05 bits per heavy atom. The van der Waals surface area contributed by atoms with Gasteiger partial charge in [-0.1, -0.05) is 0 Å². The lowest BCUT2D eigenvalue weighted by atomic mass is 10.1. The van der Waals surface area contributed by atoms with E-state index in [0.717, 1.165) is 6.07 Å². The largest absolute Gasteiger partial charge is 0.390 e. The number of alkyl halides is 3.